The van der Waals surface area contributed by atoms with E-state index in [9.17, 15) is 0 Å². The quantitative estimate of drug-likeness (QED) is 0.642. The van der Waals surface area contributed by atoms with Gasteiger partial charge in [0.1, 0.15) is 0 Å². The van der Waals surface area contributed by atoms with Crippen LogP contribution in [0.3, 0.4) is 0 Å². The Balaban J connectivity index is 2.07. The first kappa shape index (κ1) is 14.6. The van der Waals surface area contributed by atoms with Crippen LogP contribution in [-0.4, -0.2) is 22.8 Å². The van der Waals surface area contributed by atoms with Gasteiger partial charge in [-0.2, -0.15) is 0 Å². The zero-order valence-corrected chi connectivity index (χ0v) is 13.4. The second-order valence-electron chi connectivity index (χ2n) is 4.80. The Kier molecular flexibility index (Phi) is 5.81. The summed E-state index contributed by atoms with van der Waals surface area (Å²) in [6, 6.07) is 6.47. The van der Waals surface area contributed by atoms with Crippen LogP contribution < -0.4 is 0 Å². The SMILES string of the molecule is Clc1cccc(Cl)c1CN(CCCBr)C1CCC1. The van der Waals surface area contributed by atoms with Crippen molar-refractivity contribution in [2.45, 2.75) is 38.3 Å². The van der Waals surface area contributed by atoms with Gasteiger partial charge in [-0.1, -0.05) is 51.6 Å². The summed E-state index contributed by atoms with van der Waals surface area (Å²) in [5.41, 5.74) is 1.07. The molecule has 1 saturated carbocycles. The van der Waals surface area contributed by atoms with Crippen molar-refractivity contribution in [3.8, 4) is 0 Å². The lowest BCUT2D eigenvalue weighted by molar-refractivity contribution is 0.120. The van der Waals surface area contributed by atoms with Gasteiger partial charge in [0, 0.05) is 33.5 Å². The molecule has 2 rings (SSSR count). The van der Waals surface area contributed by atoms with E-state index in [0.717, 1.165) is 40.1 Å². The lowest BCUT2D eigenvalue weighted by Gasteiger charge is -2.38. The van der Waals surface area contributed by atoms with E-state index < -0.39 is 0 Å². The molecule has 100 valence electrons. The van der Waals surface area contributed by atoms with Gasteiger partial charge in [0.15, 0.2) is 0 Å². The van der Waals surface area contributed by atoms with Gasteiger partial charge in [0.25, 0.3) is 0 Å². The van der Waals surface area contributed by atoms with E-state index in [2.05, 4.69) is 20.8 Å². The maximum atomic E-state index is 6.25. The Labute approximate surface area is 128 Å². The van der Waals surface area contributed by atoms with Crippen LogP contribution in [-0.2, 0) is 6.54 Å². The third kappa shape index (κ3) is 3.63. The number of halogens is 3. The molecule has 4 heteroatoms. The van der Waals surface area contributed by atoms with Gasteiger partial charge >= 0.3 is 0 Å². The third-order valence-corrected chi connectivity index (χ3v) is 4.86. The smallest absolute Gasteiger partial charge is 0.0465 e. The number of hydrogen-bond donors (Lipinski definition) is 0. The largest absolute Gasteiger partial charge is 0.296 e. The molecule has 1 nitrogen and oxygen atoms in total. The monoisotopic (exact) mass is 349 g/mol. The molecule has 0 atom stereocenters. The topological polar surface area (TPSA) is 3.24 Å². The van der Waals surface area contributed by atoms with Crippen LogP contribution in [0.5, 0.6) is 0 Å². The van der Waals surface area contributed by atoms with Crippen molar-refractivity contribution in [2.75, 3.05) is 11.9 Å². The van der Waals surface area contributed by atoms with Crippen LogP contribution in [0.15, 0.2) is 18.2 Å². The minimum Gasteiger partial charge on any atom is -0.296 e. The van der Waals surface area contributed by atoms with Crippen LogP contribution in [0.1, 0.15) is 31.2 Å². The van der Waals surface area contributed by atoms with E-state index in [4.69, 9.17) is 23.2 Å². The zero-order chi connectivity index (χ0) is 13.0. The average Bonchev–Trinajstić information content (AvgIpc) is 2.28. The highest BCUT2D eigenvalue weighted by molar-refractivity contribution is 9.09. The molecule has 0 saturated heterocycles. The fraction of sp³-hybridized carbons (Fsp3) is 0.571. The molecule has 1 aliphatic carbocycles. The molecule has 0 amide bonds. The number of benzene rings is 1. The maximum Gasteiger partial charge on any atom is 0.0465 e. The van der Waals surface area contributed by atoms with Gasteiger partial charge in [-0.05, 0) is 37.9 Å². The number of hydrogen-bond acceptors (Lipinski definition) is 1. The summed E-state index contributed by atoms with van der Waals surface area (Å²) in [6.45, 7) is 1.98. The third-order valence-electron chi connectivity index (χ3n) is 3.59. The number of nitrogens with zero attached hydrogens (tertiary/aromatic N) is 1. The van der Waals surface area contributed by atoms with Crippen LogP contribution in [0.25, 0.3) is 0 Å². The molecule has 1 aromatic carbocycles. The van der Waals surface area contributed by atoms with Crippen molar-refractivity contribution in [1.29, 1.82) is 0 Å². The van der Waals surface area contributed by atoms with E-state index in [1.807, 2.05) is 18.2 Å². The van der Waals surface area contributed by atoms with Gasteiger partial charge in [0.05, 0.1) is 0 Å². The lowest BCUT2D eigenvalue weighted by atomic mass is 9.91. The maximum absolute atomic E-state index is 6.25. The Morgan fingerprint density at radius 3 is 2.39 bits per heavy atom. The lowest BCUT2D eigenvalue weighted by Crippen LogP contribution is -2.40. The second kappa shape index (κ2) is 7.14. The first-order valence-electron chi connectivity index (χ1n) is 6.45. The normalized spacial score (nSPS) is 16.0. The molecule has 1 fully saturated rings. The van der Waals surface area contributed by atoms with Gasteiger partial charge in [-0.3, -0.25) is 4.90 Å². The Morgan fingerprint density at radius 1 is 1.22 bits per heavy atom. The standard InChI is InChI=1S/C14H18BrCl2N/c15-8-3-9-18(11-4-1-5-11)10-12-13(16)6-2-7-14(12)17/h2,6-7,11H,1,3-5,8-10H2. The molecule has 0 radical (unpaired) electrons. The summed E-state index contributed by atoms with van der Waals surface area (Å²) in [4.78, 5) is 2.53. The van der Waals surface area contributed by atoms with Gasteiger partial charge in [0.2, 0.25) is 0 Å². The molecular weight excluding hydrogens is 333 g/mol. The van der Waals surface area contributed by atoms with Crippen molar-refractivity contribution < 1.29 is 0 Å². The van der Waals surface area contributed by atoms with E-state index >= 15 is 0 Å². The first-order valence-corrected chi connectivity index (χ1v) is 8.33. The Morgan fingerprint density at radius 2 is 1.89 bits per heavy atom. The van der Waals surface area contributed by atoms with Crippen molar-refractivity contribution in [3.05, 3.63) is 33.8 Å². The van der Waals surface area contributed by atoms with E-state index in [1.165, 1.54) is 25.7 Å². The fourth-order valence-electron chi connectivity index (χ4n) is 2.29. The van der Waals surface area contributed by atoms with Crippen molar-refractivity contribution in [1.82, 2.24) is 4.90 Å². The van der Waals surface area contributed by atoms with Crippen molar-refractivity contribution in [3.63, 3.8) is 0 Å². The predicted octanol–water partition coefficient (Wildman–Crippen LogP) is 5.13. The molecule has 18 heavy (non-hydrogen) atoms. The molecule has 0 aromatic heterocycles. The molecule has 0 N–H and O–H groups in total. The van der Waals surface area contributed by atoms with E-state index in [0.29, 0.717) is 0 Å². The van der Waals surface area contributed by atoms with Gasteiger partial charge in [-0.25, -0.2) is 0 Å². The minimum atomic E-state index is 0.719. The predicted molar refractivity (Wildman–Crippen MR) is 82.9 cm³/mol. The van der Waals surface area contributed by atoms with E-state index in [1.54, 1.807) is 0 Å². The molecular formula is C14H18BrCl2N. The fourth-order valence-corrected chi connectivity index (χ4v) is 3.06. The molecule has 0 heterocycles. The van der Waals surface area contributed by atoms with Crippen molar-refractivity contribution in [2.24, 2.45) is 0 Å². The van der Waals surface area contributed by atoms with Crippen LogP contribution in [0.4, 0.5) is 0 Å². The summed E-state index contributed by atoms with van der Waals surface area (Å²) in [5.74, 6) is 0. The van der Waals surface area contributed by atoms with Crippen LogP contribution in [0.2, 0.25) is 10.0 Å². The van der Waals surface area contributed by atoms with Crippen molar-refractivity contribution >= 4 is 39.1 Å². The second-order valence-corrected chi connectivity index (χ2v) is 6.41. The number of alkyl halides is 1. The Bertz CT molecular complexity index is 373. The summed E-state index contributed by atoms with van der Waals surface area (Å²) in [7, 11) is 0. The zero-order valence-electron chi connectivity index (χ0n) is 10.3. The van der Waals surface area contributed by atoms with Gasteiger partial charge in [-0.15, -0.1) is 0 Å². The molecule has 0 aliphatic heterocycles. The van der Waals surface area contributed by atoms with E-state index in [-0.39, 0.29) is 0 Å². The summed E-state index contributed by atoms with van der Waals surface area (Å²) < 4.78 is 0. The van der Waals surface area contributed by atoms with Gasteiger partial charge < -0.3 is 0 Å². The van der Waals surface area contributed by atoms with Crippen LogP contribution >= 0.6 is 39.1 Å². The highest BCUT2D eigenvalue weighted by atomic mass is 79.9. The molecule has 0 bridgehead atoms. The summed E-state index contributed by atoms with van der Waals surface area (Å²) in [5, 5.41) is 2.61. The molecule has 0 unspecified atom stereocenters. The molecule has 0 spiro atoms. The first-order chi connectivity index (χ1) is 8.72. The number of rotatable bonds is 6. The Hall–Kier alpha value is 0.240. The minimum absolute atomic E-state index is 0.719. The molecule has 1 aliphatic rings. The highest BCUT2D eigenvalue weighted by Gasteiger charge is 2.25. The highest BCUT2D eigenvalue weighted by Crippen LogP contribution is 2.31. The molecule has 1 aromatic rings. The summed E-state index contributed by atoms with van der Waals surface area (Å²) >= 11 is 16.0. The summed E-state index contributed by atoms with van der Waals surface area (Å²) in [6.07, 6.45) is 5.14. The average molecular weight is 351 g/mol. The van der Waals surface area contributed by atoms with Crippen LogP contribution in [0, 0.1) is 0 Å².